The van der Waals surface area contributed by atoms with Gasteiger partial charge in [-0.05, 0) is 61.0 Å². The Labute approximate surface area is 215 Å². The molecule has 0 unspecified atom stereocenters. The van der Waals surface area contributed by atoms with Gasteiger partial charge in [0.1, 0.15) is 30.5 Å². The number of hydrogen-bond donors (Lipinski definition) is 1. The third kappa shape index (κ3) is 9.45. The Balaban J connectivity index is 1.44. The molecule has 3 aromatic rings. The largest absolute Gasteiger partial charge is 0.494 e. The second kappa shape index (κ2) is 14.8. The summed E-state index contributed by atoms with van der Waals surface area (Å²) in [5.74, 6) is 1.97. The van der Waals surface area contributed by atoms with Crippen molar-refractivity contribution in [2.45, 2.75) is 32.6 Å². The van der Waals surface area contributed by atoms with Crippen LogP contribution >= 0.6 is 15.9 Å². The fourth-order valence-electron chi connectivity index (χ4n) is 3.23. The van der Waals surface area contributed by atoms with Crippen molar-refractivity contribution in [1.29, 1.82) is 0 Å². The monoisotopic (exact) mass is 538 g/mol. The standard InChI is InChI=1S/C28H31BrN2O4/c1-2-3-4-8-17-33-25-12-14-26(15-13-25)34-18-19-35-27-16-11-24(29)20-23(27)21-30-31-28(32)22-9-6-5-7-10-22/h5-7,9-16,20-21H,2-4,8,17-19H2,1H3,(H,31,32)/b30-21-. The third-order valence-electron chi connectivity index (χ3n) is 5.08. The lowest BCUT2D eigenvalue weighted by Gasteiger charge is -2.11. The topological polar surface area (TPSA) is 69.2 Å². The lowest BCUT2D eigenvalue weighted by molar-refractivity contribution is 0.0955. The second-order valence-electron chi connectivity index (χ2n) is 7.82. The van der Waals surface area contributed by atoms with Gasteiger partial charge in [0.05, 0.1) is 12.8 Å². The van der Waals surface area contributed by atoms with E-state index in [1.807, 2.05) is 48.5 Å². The number of nitrogens with one attached hydrogen (secondary N) is 1. The van der Waals surface area contributed by atoms with Gasteiger partial charge in [0.2, 0.25) is 0 Å². The molecule has 1 amide bonds. The molecular formula is C28H31BrN2O4. The van der Waals surface area contributed by atoms with E-state index in [0.717, 1.165) is 34.6 Å². The normalized spacial score (nSPS) is 10.8. The van der Waals surface area contributed by atoms with Crippen molar-refractivity contribution in [3.05, 3.63) is 88.4 Å². The predicted octanol–water partition coefficient (Wildman–Crippen LogP) is 6.63. The average Bonchev–Trinajstić information content (AvgIpc) is 2.88. The number of nitrogens with zero attached hydrogens (tertiary/aromatic N) is 1. The van der Waals surface area contributed by atoms with Crippen LogP contribution in [0.4, 0.5) is 0 Å². The summed E-state index contributed by atoms with van der Waals surface area (Å²) in [6, 6.07) is 22.2. The predicted molar refractivity (Wildman–Crippen MR) is 143 cm³/mol. The Morgan fingerprint density at radius 2 is 1.54 bits per heavy atom. The molecule has 0 aromatic heterocycles. The van der Waals surface area contributed by atoms with E-state index in [2.05, 4.69) is 33.4 Å². The van der Waals surface area contributed by atoms with Gasteiger partial charge in [0.15, 0.2) is 0 Å². The maximum absolute atomic E-state index is 12.2. The maximum Gasteiger partial charge on any atom is 0.271 e. The molecule has 0 heterocycles. The summed E-state index contributed by atoms with van der Waals surface area (Å²) in [7, 11) is 0. The van der Waals surface area contributed by atoms with Crippen molar-refractivity contribution in [1.82, 2.24) is 5.43 Å². The van der Waals surface area contributed by atoms with E-state index in [0.29, 0.717) is 24.5 Å². The first-order valence-corrected chi connectivity index (χ1v) is 12.6. The Morgan fingerprint density at radius 1 is 0.857 bits per heavy atom. The van der Waals surface area contributed by atoms with Crippen molar-refractivity contribution < 1.29 is 19.0 Å². The van der Waals surface area contributed by atoms with E-state index < -0.39 is 0 Å². The lowest BCUT2D eigenvalue weighted by Crippen LogP contribution is -2.17. The summed E-state index contributed by atoms with van der Waals surface area (Å²) in [5.41, 5.74) is 3.80. The van der Waals surface area contributed by atoms with Gasteiger partial charge in [-0.2, -0.15) is 5.10 Å². The molecule has 0 aliphatic heterocycles. The Kier molecular flexibility index (Phi) is 11.1. The van der Waals surface area contributed by atoms with Crippen LogP contribution in [0.25, 0.3) is 0 Å². The minimum absolute atomic E-state index is 0.277. The fraction of sp³-hybridized carbons (Fsp3) is 0.286. The van der Waals surface area contributed by atoms with E-state index >= 15 is 0 Å². The number of carbonyl (C=O) groups excluding carboxylic acids is 1. The number of ether oxygens (including phenoxy) is 3. The first-order valence-electron chi connectivity index (χ1n) is 11.8. The molecule has 0 saturated carbocycles. The minimum atomic E-state index is -0.277. The third-order valence-corrected chi connectivity index (χ3v) is 5.57. The first kappa shape index (κ1) is 26.3. The van der Waals surface area contributed by atoms with Crippen LogP contribution in [-0.4, -0.2) is 31.9 Å². The Hall–Kier alpha value is -3.32. The number of unbranched alkanes of at least 4 members (excludes halogenated alkanes) is 3. The second-order valence-corrected chi connectivity index (χ2v) is 8.74. The highest BCUT2D eigenvalue weighted by Gasteiger charge is 2.05. The highest BCUT2D eigenvalue weighted by atomic mass is 79.9. The van der Waals surface area contributed by atoms with Crippen LogP contribution in [0.15, 0.2) is 82.4 Å². The van der Waals surface area contributed by atoms with E-state index in [-0.39, 0.29) is 5.91 Å². The van der Waals surface area contributed by atoms with Crippen LogP contribution in [0.2, 0.25) is 0 Å². The van der Waals surface area contributed by atoms with Crippen LogP contribution in [0.1, 0.15) is 48.5 Å². The van der Waals surface area contributed by atoms with Crippen LogP contribution in [0.3, 0.4) is 0 Å². The van der Waals surface area contributed by atoms with Gasteiger partial charge in [-0.3, -0.25) is 4.79 Å². The van der Waals surface area contributed by atoms with Gasteiger partial charge in [0.25, 0.3) is 5.91 Å². The summed E-state index contributed by atoms with van der Waals surface area (Å²) >= 11 is 3.46. The molecule has 0 saturated heterocycles. The molecule has 3 rings (SSSR count). The highest BCUT2D eigenvalue weighted by Crippen LogP contribution is 2.22. The molecule has 0 atom stereocenters. The van der Waals surface area contributed by atoms with Crippen molar-refractivity contribution in [3.8, 4) is 17.2 Å². The zero-order valence-corrected chi connectivity index (χ0v) is 21.5. The van der Waals surface area contributed by atoms with Gasteiger partial charge in [-0.1, -0.05) is 60.3 Å². The summed E-state index contributed by atoms with van der Waals surface area (Å²) in [5, 5.41) is 4.07. The van der Waals surface area contributed by atoms with Crippen LogP contribution in [0, 0.1) is 0 Å². The lowest BCUT2D eigenvalue weighted by atomic mass is 10.2. The fourth-order valence-corrected chi connectivity index (χ4v) is 3.61. The molecule has 184 valence electrons. The molecule has 6 nitrogen and oxygen atoms in total. The number of halogens is 1. The molecule has 0 aliphatic carbocycles. The summed E-state index contributed by atoms with van der Waals surface area (Å²) in [6.45, 7) is 3.68. The molecule has 0 spiro atoms. The van der Waals surface area contributed by atoms with Crippen molar-refractivity contribution in [2.24, 2.45) is 5.10 Å². The molecule has 1 N–H and O–H groups in total. The highest BCUT2D eigenvalue weighted by molar-refractivity contribution is 9.10. The Morgan fingerprint density at radius 3 is 2.26 bits per heavy atom. The first-order chi connectivity index (χ1) is 17.2. The van der Waals surface area contributed by atoms with E-state index in [4.69, 9.17) is 14.2 Å². The number of hydrogen-bond acceptors (Lipinski definition) is 5. The van der Waals surface area contributed by atoms with Gasteiger partial charge >= 0.3 is 0 Å². The summed E-state index contributed by atoms with van der Waals surface area (Å²) in [6.07, 6.45) is 6.30. The smallest absolute Gasteiger partial charge is 0.271 e. The summed E-state index contributed by atoms with van der Waals surface area (Å²) in [4.78, 5) is 12.2. The van der Waals surface area contributed by atoms with Crippen molar-refractivity contribution in [3.63, 3.8) is 0 Å². The van der Waals surface area contributed by atoms with Gasteiger partial charge in [-0.15, -0.1) is 0 Å². The molecule has 7 heteroatoms. The molecule has 0 radical (unpaired) electrons. The molecule has 3 aromatic carbocycles. The number of carbonyl (C=O) groups is 1. The molecule has 35 heavy (non-hydrogen) atoms. The van der Waals surface area contributed by atoms with Crippen LogP contribution in [0.5, 0.6) is 17.2 Å². The minimum Gasteiger partial charge on any atom is -0.494 e. The number of benzene rings is 3. The van der Waals surface area contributed by atoms with Crippen LogP contribution < -0.4 is 19.6 Å². The number of amides is 1. The van der Waals surface area contributed by atoms with E-state index in [1.54, 1.807) is 30.5 Å². The van der Waals surface area contributed by atoms with Gasteiger partial charge in [0, 0.05) is 15.6 Å². The van der Waals surface area contributed by atoms with E-state index in [9.17, 15) is 4.79 Å². The molecular weight excluding hydrogens is 508 g/mol. The zero-order chi connectivity index (χ0) is 24.7. The van der Waals surface area contributed by atoms with Crippen molar-refractivity contribution >= 4 is 28.1 Å². The quantitative estimate of drug-likeness (QED) is 0.142. The maximum atomic E-state index is 12.2. The molecule has 0 fully saturated rings. The number of hydrazone groups is 1. The average molecular weight is 539 g/mol. The van der Waals surface area contributed by atoms with E-state index in [1.165, 1.54) is 19.3 Å². The summed E-state index contributed by atoms with van der Waals surface area (Å²) < 4.78 is 18.3. The molecule has 0 aliphatic rings. The van der Waals surface area contributed by atoms with Gasteiger partial charge in [-0.25, -0.2) is 5.43 Å². The molecule has 0 bridgehead atoms. The van der Waals surface area contributed by atoms with Gasteiger partial charge < -0.3 is 14.2 Å². The number of rotatable bonds is 14. The Bertz CT molecular complexity index is 1070. The van der Waals surface area contributed by atoms with Crippen molar-refractivity contribution in [2.75, 3.05) is 19.8 Å². The zero-order valence-electron chi connectivity index (χ0n) is 19.9. The van der Waals surface area contributed by atoms with Crippen LogP contribution in [-0.2, 0) is 0 Å². The SMILES string of the molecule is CCCCCCOc1ccc(OCCOc2ccc(Br)cc2/C=N\NC(=O)c2ccccc2)cc1.